The second kappa shape index (κ2) is 8.27. The number of likely N-dealkylation sites (N-methyl/N-ethyl adjacent to an activating group) is 1. The molecule has 0 aliphatic carbocycles. The minimum Gasteiger partial charge on any atom is -0.478 e. The highest BCUT2D eigenvalue weighted by atomic mass is 32.2. The highest BCUT2D eigenvalue weighted by Gasteiger charge is 2.32. The van der Waals surface area contributed by atoms with Crippen molar-refractivity contribution in [3.8, 4) is 0 Å². The number of carboxylic acid groups (broad SMARTS) is 1. The molecule has 0 radical (unpaired) electrons. The Morgan fingerprint density at radius 1 is 1.28 bits per heavy atom. The second-order valence-corrected chi connectivity index (χ2v) is 7.22. The molecule has 1 heterocycles. The van der Waals surface area contributed by atoms with Crippen LogP contribution in [0.1, 0.15) is 28.4 Å². The normalized spacial score (nSPS) is 16.6. The zero-order valence-electron chi connectivity index (χ0n) is 15.7. The molecule has 0 spiro atoms. The number of amidine groups is 1. The van der Waals surface area contributed by atoms with Crippen LogP contribution in [0.25, 0.3) is 6.08 Å². The number of carbonyl (C=O) groups is 2. The molecule has 29 heavy (non-hydrogen) atoms. The molecular weight excluding hydrogens is 394 g/mol. The second-order valence-electron chi connectivity index (χ2n) is 6.21. The van der Waals surface area contributed by atoms with Crippen LogP contribution < -0.4 is 0 Å². The van der Waals surface area contributed by atoms with Crippen molar-refractivity contribution in [1.82, 2.24) is 4.90 Å². The van der Waals surface area contributed by atoms with Crippen molar-refractivity contribution in [2.24, 2.45) is 4.99 Å². The van der Waals surface area contributed by atoms with Gasteiger partial charge in [0, 0.05) is 18.2 Å². The van der Waals surface area contributed by atoms with Crippen molar-refractivity contribution in [1.29, 1.82) is 0 Å². The number of amides is 1. The van der Waals surface area contributed by atoms with Crippen molar-refractivity contribution in [2.45, 2.75) is 13.8 Å². The summed E-state index contributed by atoms with van der Waals surface area (Å²) in [7, 11) is 0. The predicted octanol–water partition coefficient (Wildman–Crippen LogP) is 4.23. The number of rotatable bonds is 5. The van der Waals surface area contributed by atoms with Crippen molar-refractivity contribution < 1.29 is 19.6 Å². The van der Waals surface area contributed by atoms with Gasteiger partial charge in [-0.3, -0.25) is 19.8 Å². The number of nitro groups is 1. The molecular formula is C20H17N3O5S. The van der Waals surface area contributed by atoms with Gasteiger partial charge in [0.25, 0.3) is 11.6 Å². The number of hydrogen-bond acceptors (Lipinski definition) is 6. The third-order valence-corrected chi connectivity index (χ3v) is 5.28. The molecule has 8 nitrogen and oxygen atoms in total. The monoisotopic (exact) mass is 411 g/mol. The summed E-state index contributed by atoms with van der Waals surface area (Å²) < 4.78 is 0. The molecule has 0 unspecified atom stereocenters. The predicted molar refractivity (Wildman–Crippen MR) is 111 cm³/mol. The van der Waals surface area contributed by atoms with E-state index in [2.05, 4.69) is 4.99 Å². The molecule has 148 valence electrons. The molecule has 1 aliphatic rings. The van der Waals surface area contributed by atoms with Gasteiger partial charge in [0.15, 0.2) is 5.17 Å². The summed E-state index contributed by atoms with van der Waals surface area (Å²) in [5.74, 6) is -1.26. The van der Waals surface area contributed by atoms with Crippen molar-refractivity contribution in [2.75, 3.05) is 6.54 Å². The lowest BCUT2D eigenvalue weighted by Crippen LogP contribution is -2.28. The number of carbonyl (C=O) groups excluding carboxylic acids is 1. The van der Waals surface area contributed by atoms with Crippen LogP contribution in [0.2, 0.25) is 0 Å². The number of nitro benzene ring substituents is 1. The Kier molecular flexibility index (Phi) is 5.79. The molecule has 1 N–H and O–H groups in total. The fraction of sp³-hybridized carbons (Fsp3) is 0.150. The number of hydrogen-bond donors (Lipinski definition) is 1. The van der Waals surface area contributed by atoms with Gasteiger partial charge in [-0.05, 0) is 61.5 Å². The molecule has 0 atom stereocenters. The highest BCUT2D eigenvalue weighted by Crippen LogP contribution is 2.34. The smallest absolute Gasteiger partial charge is 0.335 e. The average molecular weight is 411 g/mol. The maximum absolute atomic E-state index is 12.7. The van der Waals surface area contributed by atoms with Gasteiger partial charge < -0.3 is 5.11 Å². The number of aryl methyl sites for hydroxylation is 1. The van der Waals surface area contributed by atoms with E-state index in [1.807, 2.05) is 6.92 Å². The zero-order chi connectivity index (χ0) is 21.1. The van der Waals surface area contributed by atoms with Gasteiger partial charge in [-0.2, -0.15) is 0 Å². The van der Waals surface area contributed by atoms with E-state index in [0.717, 1.165) is 0 Å². The number of nitrogens with zero attached hydrogens (tertiary/aromatic N) is 3. The lowest BCUT2D eigenvalue weighted by Gasteiger charge is -2.12. The first-order valence-corrected chi connectivity index (χ1v) is 9.50. The van der Waals surface area contributed by atoms with Crippen molar-refractivity contribution in [3.63, 3.8) is 0 Å². The van der Waals surface area contributed by atoms with E-state index in [1.54, 1.807) is 37.3 Å². The van der Waals surface area contributed by atoms with Crippen molar-refractivity contribution >= 4 is 46.3 Å². The quantitative estimate of drug-likeness (QED) is 0.448. The van der Waals surface area contributed by atoms with Crippen LogP contribution in [0.5, 0.6) is 0 Å². The van der Waals surface area contributed by atoms with Crippen LogP contribution in [0.3, 0.4) is 0 Å². The molecule has 1 saturated heterocycles. The Labute approximate surface area is 170 Å². The van der Waals surface area contributed by atoms with E-state index in [4.69, 9.17) is 5.11 Å². The van der Waals surface area contributed by atoms with Gasteiger partial charge in [0.2, 0.25) is 0 Å². The average Bonchev–Trinajstić information content (AvgIpc) is 2.97. The molecule has 0 bridgehead atoms. The molecule has 0 saturated carbocycles. The van der Waals surface area contributed by atoms with Gasteiger partial charge in [-0.15, -0.1) is 0 Å². The Morgan fingerprint density at radius 2 is 1.97 bits per heavy atom. The maximum Gasteiger partial charge on any atom is 0.335 e. The topological polar surface area (TPSA) is 113 Å². The highest BCUT2D eigenvalue weighted by molar-refractivity contribution is 8.18. The molecule has 1 amide bonds. The lowest BCUT2D eigenvalue weighted by atomic mass is 10.1. The first kappa shape index (κ1) is 20.3. The van der Waals surface area contributed by atoms with Gasteiger partial charge >= 0.3 is 5.97 Å². The summed E-state index contributed by atoms with van der Waals surface area (Å²) in [5.41, 5.74) is 1.77. The fourth-order valence-electron chi connectivity index (χ4n) is 2.72. The number of thioether (sulfide) groups is 1. The third-order valence-electron chi connectivity index (χ3n) is 4.27. The van der Waals surface area contributed by atoms with Crippen LogP contribution in [0, 0.1) is 17.0 Å². The number of aromatic carboxylic acids is 1. The van der Waals surface area contributed by atoms with Crippen molar-refractivity contribution in [3.05, 3.63) is 74.2 Å². The molecule has 9 heteroatoms. The standard InChI is InChI=1S/C20H17N3O5S/c1-3-22-18(24)17(11-13-5-4-12(2)16(10-13)23(27)28)29-20(22)21-15-8-6-14(7-9-15)19(25)26/h4-11H,3H2,1-2H3,(H,25,26)/b17-11-,21-20?. The van der Waals surface area contributed by atoms with Gasteiger partial charge in [0.05, 0.1) is 21.1 Å². The number of benzene rings is 2. The number of aliphatic imine (C=N–C) groups is 1. The molecule has 0 aromatic heterocycles. The summed E-state index contributed by atoms with van der Waals surface area (Å²) in [5, 5.41) is 20.6. The Morgan fingerprint density at radius 3 is 2.55 bits per heavy atom. The summed E-state index contributed by atoms with van der Waals surface area (Å²) in [6.45, 7) is 3.88. The van der Waals surface area contributed by atoms with Crippen LogP contribution in [-0.2, 0) is 4.79 Å². The van der Waals surface area contributed by atoms with Crippen LogP contribution in [-0.4, -0.2) is 38.5 Å². The summed E-state index contributed by atoms with van der Waals surface area (Å²) in [6.07, 6.45) is 1.61. The molecule has 1 fully saturated rings. The molecule has 2 aromatic carbocycles. The first-order valence-electron chi connectivity index (χ1n) is 8.68. The summed E-state index contributed by atoms with van der Waals surface area (Å²) >= 11 is 1.17. The van der Waals surface area contributed by atoms with E-state index in [0.29, 0.717) is 33.4 Å². The lowest BCUT2D eigenvalue weighted by molar-refractivity contribution is -0.385. The maximum atomic E-state index is 12.7. The third kappa shape index (κ3) is 4.35. The van der Waals surface area contributed by atoms with E-state index < -0.39 is 10.9 Å². The Balaban J connectivity index is 1.92. The van der Waals surface area contributed by atoms with Crippen LogP contribution in [0.4, 0.5) is 11.4 Å². The van der Waals surface area contributed by atoms with Crippen LogP contribution >= 0.6 is 11.8 Å². The largest absolute Gasteiger partial charge is 0.478 e. The first-order chi connectivity index (χ1) is 13.8. The van der Waals surface area contributed by atoms with Crippen LogP contribution in [0.15, 0.2) is 52.4 Å². The minimum atomic E-state index is -1.03. The summed E-state index contributed by atoms with van der Waals surface area (Å²) in [6, 6.07) is 10.8. The zero-order valence-corrected chi connectivity index (χ0v) is 16.5. The van der Waals surface area contributed by atoms with E-state index in [-0.39, 0.29) is 17.2 Å². The van der Waals surface area contributed by atoms with E-state index >= 15 is 0 Å². The van der Waals surface area contributed by atoms with Gasteiger partial charge in [0.1, 0.15) is 0 Å². The Hall–Kier alpha value is -3.46. The van der Waals surface area contributed by atoms with Gasteiger partial charge in [-0.25, -0.2) is 9.79 Å². The minimum absolute atomic E-state index is 0.00504. The Bertz CT molecular complexity index is 1060. The summed E-state index contributed by atoms with van der Waals surface area (Å²) in [4.78, 5) is 40.7. The molecule has 2 aromatic rings. The SMILES string of the molecule is CCN1C(=O)/C(=C/c2ccc(C)c([N+](=O)[O-])c2)SC1=Nc1ccc(C(=O)O)cc1. The van der Waals surface area contributed by atoms with E-state index in [1.165, 1.54) is 34.9 Å². The molecule has 3 rings (SSSR count). The van der Waals surface area contributed by atoms with E-state index in [9.17, 15) is 19.7 Å². The molecule has 1 aliphatic heterocycles. The van der Waals surface area contributed by atoms with Gasteiger partial charge in [-0.1, -0.05) is 12.1 Å². The number of carboxylic acids is 1. The fourth-order valence-corrected chi connectivity index (χ4v) is 3.79.